The second-order valence-corrected chi connectivity index (χ2v) is 7.71. The maximum Gasteiger partial charge on any atom is 0.242 e. The van der Waals surface area contributed by atoms with Crippen LogP contribution < -0.4 is 5.32 Å². The minimum Gasteiger partial charge on any atom is -0.304 e. The lowest BCUT2D eigenvalue weighted by molar-refractivity contribution is -0.121. The molecule has 3 nitrogen and oxygen atoms in total. The van der Waals surface area contributed by atoms with Crippen molar-refractivity contribution in [3.63, 3.8) is 0 Å². The Kier molecular flexibility index (Phi) is 3.16. The van der Waals surface area contributed by atoms with E-state index in [0.29, 0.717) is 6.04 Å². The first-order chi connectivity index (χ1) is 8.60. The number of carbonyl (C=O) groups is 1. The van der Waals surface area contributed by atoms with Crippen molar-refractivity contribution in [3.05, 3.63) is 0 Å². The zero-order chi connectivity index (χ0) is 12.8. The maximum atomic E-state index is 12.0. The van der Waals surface area contributed by atoms with Crippen molar-refractivity contribution in [3.8, 4) is 0 Å². The molecule has 0 radical (unpaired) electrons. The lowest BCUT2D eigenvalue weighted by Gasteiger charge is -2.18. The second-order valence-electron chi connectivity index (χ2n) is 6.21. The number of amidine groups is 1. The SMILES string of the molecule is CCC[C@@]1(C)SC(=N[C@H]2C[C@H]3CC[C@H]2C3)NC1=O. The molecule has 2 saturated carbocycles. The summed E-state index contributed by atoms with van der Waals surface area (Å²) in [5.41, 5.74) is 0. The van der Waals surface area contributed by atoms with E-state index in [9.17, 15) is 4.79 Å². The lowest BCUT2D eigenvalue weighted by atomic mass is 9.96. The van der Waals surface area contributed by atoms with Crippen molar-refractivity contribution in [2.24, 2.45) is 16.8 Å². The van der Waals surface area contributed by atoms with Gasteiger partial charge in [0.15, 0.2) is 5.17 Å². The van der Waals surface area contributed by atoms with E-state index in [1.807, 2.05) is 6.92 Å². The molecule has 0 aromatic rings. The van der Waals surface area contributed by atoms with Crippen molar-refractivity contribution >= 4 is 22.8 Å². The van der Waals surface area contributed by atoms with Crippen LogP contribution in [-0.2, 0) is 4.79 Å². The van der Waals surface area contributed by atoms with Crippen LogP contribution in [0.4, 0.5) is 0 Å². The fourth-order valence-corrected chi connectivity index (χ4v) is 4.94. The topological polar surface area (TPSA) is 41.5 Å². The summed E-state index contributed by atoms with van der Waals surface area (Å²) in [5, 5.41) is 3.87. The zero-order valence-electron chi connectivity index (χ0n) is 11.2. The first-order valence-corrected chi connectivity index (χ1v) is 8.00. The van der Waals surface area contributed by atoms with Gasteiger partial charge < -0.3 is 5.32 Å². The van der Waals surface area contributed by atoms with E-state index in [1.54, 1.807) is 11.8 Å². The standard InChI is InChI=1S/C14H22N2OS/c1-3-6-14(2)12(17)16-13(18-14)15-11-8-9-4-5-10(11)7-9/h9-11H,3-8H2,1-2H3,(H,15,16,17)/t9-,10-,11-,14+/m0/s1. The molecular formula is C14H22N2OS. The van der Waals surface area contributed by atoms with Crippen molar-refractivity contribution in [1.29, 1.82) is 0 Å². The highest BCUT2D eigenvalue weighted by Gasteiger charge is 2.44. The first kappa shape index (κ1) is 12.5. The number of nitrogens with zero attached hydrogens (tertiary/aromatic N) is 1. The van der Waals surface area contributed by atoms with Crippen LogP contribution in [0.1, 0.15) is 52.4 Å². The summed E-state index contributed by atoms with van der Waals surface area (Å²) in [6.45, 7) is 4.17. The third kappa shape index (κ3) is 2.09. The number of aliphatic imine (C=N–C) groups is 1. The number of hydrogen-bond donors (Lipinski definition) is 1. The quantitative estimate of drug-likeness (QED) is 0.853. The molecule has 1 amide bonds. The molecule has 2 aliphatic carbocycles. The van der Waals surface area contributed by atoms with Gasteiger partial charge in [-0.1, -0.05) is 31.5 Å². The molecule has 3 rings (SSSR count). The smallest absolute Gasteiger partial charge is 0.242 e. The summed E-state index contributed by atoms with van der Waals surface area (Å²) in [5.74, 6) is 1.85. The molecule has 1 heterocycles. The molecule has 2 bridgehead atoms. The molecule has 3 fully saturated rings. The van der Waals surface area contributed by atoms with Gasteiger partial charge in [0.05, 0.1) is 10.8 Å². The Morgan fingerprint density at radius 2 is 2.28 bits per heavy atom. The molecule has 18 heavy (non-hydrogen) atoms. The molecule has 0 unspecified atom stereocenters. The third-order valence-corrected chi connectivity index (χ3v) is 5.97. The first-order valence-electron chi connectivity index (χ1n) is 7.19. The van der Waals surface area contributed by atoms with E-state index in [0.717, 1.165) is 29.8 Å². The monoisotopic (exact) mass is 266 g/mol. The predicted octanol–water partition coefficient (Wildman–Crippen LogP) is 2.95. The summed E-state index contributed by atoms with van der Waals surface area (Å²) < 4.78 is -0.287. The molecule has 0 spiro atoms. The third-order valence-electron chi connectivity index (χ3n) is 4.73. The normalized spacial score (nSPS) is 44.9. The number of carbonyl (C=O) groups excluding carboxylic acids is 1. The number of amides is 1. The lowest BCUT2D eigenvalue weighted by Crippen LogP contribution is -2.33. The fraction of sp³-hybridized carbons (Fsp3) is 0.857. The molecule has 0 aromatic heterocycles. The zero-order valence-corrected chi connectivity index (χ0v) is 12.1. The van der Waals surface area contributed by atoms with Gasteiger partial charge in [0.25, 0.3) is 0 Å². The number of nitrogens with one attached hydrogen (secondary N) is 1. The number of rotatable bonds is 3. The second kappa shape index (κ2) is 4.55. The number of fused-ring (bicyclic) bond motifs is 2. The van der Waals surface area contributed by atoms with E-state index in [-0.39, 0.29) is 10.7 Å². The summed E-state index contributed by atoms with van der Waals surface area (Å²) in [7, 11) is 0. The van der Waals surface area contributed by atoms with Crippen molar-refractivity contribution in [2.45, 2.75) is 63.2 Å². The molecule has 1 saturated heterocycles. The Hall–Kier alpha value is -0.510. The molecule has 3 aliphatic rings. The molecule has 4 heteroatoms. The van der Waals surface area contributed by atoms with Gasteiger partial charge in [-0.05, 0) is 44.4 Å². The molecule has 1 aliphatic heterocycles. The fourth-order valence-electron chi connectivity index (χ4n) is 3.73. The Morgan fingerprint density at radius 3 is 2.89 bits per heavy atom. The van der Waals surface area contributed by atoms with E-state index < -0.39 is 0 Å². The highest BCUT2D eigenvalue weighted by atomic mass is 32.2. The average Bonchev–Trinajstić information content (AvgIpc) is 2.96. The van der Waals surface area contributed by atoms with Crippen LogP contribution in [0.3, 0.4) is 0 Å². The highest BCUT2D eigenvalue weighted by molar-refractivity contribution is 8.16. The number of hydrogen-bond acceptors (Lipinski definition) is 3. The van der Waals surface area contributed by atoms with Gasteiger partial charge in [-0.25, -0.2) is 0 Å². The Labute approximate surface area is 113 Å². The van der Waals surface area contributed by atoms with Crippen molar-refractivity contribution < 1.29 is 4.79 Å². The van der Waals surface area contributed by atoms with Crippen LogP contribution in [-0.4, -0.2) is 21.9 Å². The highest BCUT2D eigenvalue weighted by Crippen LogP contribution is 2.46. The summed E-state index contributed by atoms with van der Waals surface area (Å²) in [6.07, 6.45) is 7.33. The van der Waals surface area contributed by atoms with Crippen LogP contribution in [0, 0.1) is 11.8 Å². The van der Waals surface area contributed by atoms with Crippen LogP contribution in [0.5, 0.6) is 0 Å². The van der Waals surface area contributed by atoms with Gasteiger partial charge in [0.1, 0.15) is 0 Å². The van der Waals surface area contributed by atoms with Gasteiger partial charge in [0.2, 0.25) is 5.91 Å². The summed E-state index contributed by atoms with van der Waals surface area (Å²) in [6, 6.07) is 0.482. The predicted molar refractivity (Wildman–Crippen MR) is 75.7 cm³/mol. The number of thioether (sulfide) groups is 1. The van der Waals surface area contributed by atoms with Crippen LogP contribution >= 0.6 is 11.8 Å². The molecular weight excluding hydrogens is 244 g/mol. The Morgan fingerprint density at radius 1 is 1.44 bits per heavy atom. The molecule has 4 atom stereocenters. The van der Waals surface area contributed by atoms with Gasteiger partial charge in [0, 0.05) is 0 Å². The van der Waals surface area contributed by atoms with Gasteiger partial charge >= 0.3 is 0 Å². The minimum atomic E-state index is -0.287. The average molecular weight is 266 g/mol. The van der Waals surface area contributed by atoms with E-state index in [2.05, 4.69) is 12.2 Å². The van der Waals surface area contributed by atoms with E-state index in [4.69, 9.17) is 4.99 Å². The van der Waals surface area contributed by atoms with Gasteiger partial charge in [-0.2, -0.15) is 0 Å². The van der Waals surface area contributed by atoms with E-state index in [1.165, 1.54) is 25.7 Å². The molecule has 0 aromatic carbocycles. The summed E-state index contributed by atoms with van der Waals surface area (Å²) in [4.78, 5) is 16.9. The minimum absolute atomic E-state index is 0.149. The van der Waals surface area contributed by atoms with Gasteiger partial charge in [-0.3, -0.25) is 9.79 Å². The Bertz CT molecular complexity index is 395. The maximum absolute atomic E-state index is 12.0. The van der Waals surface area contributed by atoms with Gasteiger partial charge in [-0.15, -0.1) is 0 Å². The van der Waals surface area contributed by atoms with Crippen LogP contribution in [0.25, 0.3) is 0 Å². The van der Waals surface area contributed by atoms with Crippen molar-refractivity contribution in [2.75, 3.05) is 0 Å². The van der Waals surface area contributed by atoms with Crippen LogP contribution in [0.2, 0.25) is 0 Å². The largest absolute Gasteiger partial charge is 0.304 e. The summed E-state index contributed by atoms with van der Waals surface area (Å²) >= 11 is 1.65. The Balaban J connectivity index is 1.69. The van der Waals surface area contributed by atoms with Crippen molar-refractivity contribution in [1.82, 2.24) is 5.32 Å². The van der Waals surface area contributed by atoms with E-state index >= 15 is 0 Å². The molecule has 1 N–H and O–H groups in total. The molecule has 100 valence electrons. The van der Waals surface area contributed by atoms with Crippen LogP contribution in [0.15, 0.2) is 4.99 Å².